The van der Waals surface area contributed by atoms with Crippen molar-refractivity contribution in [3.63, 3.8) is 0 Å². The highest BCUT2D eigenvalue weighted by atomic mass is 32.1. The molecule has 0 aliphatic heterocycles. The average Bonchev–Trinajstić information content (AvgIpc) is 2.78. The van der Waals surface area contributed by atoms with Crippen LogP contribution in [0.3, 0.4) is 0 Å². The summed E-state index contributed by atoms with van der Waals surface area (Å²) in [5.74, 6) is 0.881. The molecular weight excluding hydrogens is 246 g/mol. The normalized spacial score (nSPS) is 10.7. The van der Waals surface area contributed by atoms with Crippen molar-refractivity contribution in [2.75, 3.05) is 11.9 Å². The highest BCUT2D eigenvalue weighted by Crippen LogP contribution is 2.27. The zero-order chi connectivity index (χ0) is 13.0. The van der Waals surface area contributed by atoms with Gasteiger partial charge in [-0.05, 0) is 45.0 Å². The van der Waals surface area contributed by atoms with Crippen LogP contribution < -0.4 is 10.1 Å². The van der Waals surface area contributed by atoms with E-state index < -0.39 is 0 Å². The molecule has 5 heteroatoms. The predicted molar refractivity (Wildman–Crippen MR) is 75.3 cm³/mol. The number of nitrogens with zero attached hydrogens (tertiary/aromatic N) is 2. The third-order valence-corrected chi connectivity index (χ3v) is 3.15. The van der Waals surface area contributed by atoms with E-state index in [1.165, 1.54) is 0 Å². The van der Waals surface area contributed by atoms with E-state index in [0.29, 0.717) is 12.6 Å². The Labute approximate surface area is 111 Å². The van der Waals surface area contributed by atoms with Crippen LogP contribution in [-0.4, -0.2) is 22.8 Å². The van der Waals surface area contributed by atoms with Crippen molar-refractivity contribution >= 4 is 16.5 Å². The van der Waals surface area contributed by atoms with Gasteiger partial charge in [-0.2, -0.15) is 0 Å². The monoisotopic (exact) mass is 263 g/mol. The lowest BCUT2D eigenvalue weighted by molar-refractivity contribution is 0.340. The Bertz CT molecular complexity index is 493. The fourth-order valence-corrected chi connectivity index (χ4v) is 2.40. The lowest BCUT2D eigenvalue weighted by Gasteiger charge is -2.03. The van der Waals surface area contributed by atoms with Crippen molar-refractivity contribution in [2.45, 2.75) is 26.8 Å². The van der Waals surface area contributed by atoms with Gasteiger partial charge < -0.3 is 10.1 Å². The molecule has 2 aromatic rings. The van der Waals surface area contributed by atoms with Crippen LogP contribution in [0.25, 0.3) is 10.6 Å². The summed E-state index contributed by atoms with van der Waals surface area (Å²) in [6, 6.07) is 8.28. The maximum atomic E-state index is 5.41. The van der Waals surface area contributed by atoms with Gasteiger partial charge in [-0.3, -0.25) is 0 Å². The number of benzene rings is 1. The molecule has 0 amide bonds. The van der Waals surface area contributed by atoms with Gasteiger partial charge in [0, 0.05) is 11.6 Å². The molecule has 0 aliphatic rings. The van der Waals surface area contributed by atoms with Crippen LogP contribution in [-0.2, 0) is 0 Å². The zero-order valence-electron chi connectivity index (χ0n) is 10.8. The van der Waals surface area contributed by atoms with Gasteiger partial charge in [0.1, 0.15) is 10.8 Å². The second-order valence-corrected chi connectivity index (χ2v) is 5.15. The van der Waals surface area contributed by atoms with E-state index in [-0.39, 0.29) is 0 Å². The van der Waals surface area contributed by atoms with Crippen LogP contribution in [0.15, 0.2) is 24.3 Å². The fourth-order valence-electron chi connectivity index (χ4n) is 1.51. The van der Waals surface area contributed by atoms with Gasteiger partial charge in [0.2, 0.25) is 5.13 Å². The highest BCUT2D eigenvalue weighted by molar-refractivity contribution is 7.18. The minimum Gasteiger partial charge on any atom is -0.494 e. The van der Waals surface area contributed by atoms with Crippen molar-refractivity contribution < 1.29 is 4.74 Å². The Morgan fingerprint density at radius 1 is 1.22 bits per heavy atom. The summed E-state index contributed by atoms with van der Waals surface area (Å²) in [4.78, 5) is 0. The summed E-state index contributed by atoms with van der Waals surface area (Å²) >= 11 is 1.56. The maximum absolute atomic E-state index is 5.41. The smallest absolute Gasteiger partial charge is 0.206 e. The summed E-state index contributed by atoms with van der Waals surface area (Å²) in [5.41, 5.74) is 1.06. The third kappa shape index (κ3) is 3.20. The molecule has 0 spiro atoms. The molecule has 0 aliphatic carbocycles. The number of rotatable bonds is 5. The van der Waals surface area contributed by atoms with Gasteiger partial charge in [-0.1, -0.05) is 11.3 Å². The molecule has 0 radical (unpaired) electrons. The first kappa shape index (κ1) is 12.8. The van der Waals surface area contributed by atoms with E-state index in [9.17, 15) is 0 Å². The highest BCUT2D eigenvalue weighted by Gasteiger charge is 2.07. The van der Waals surface area contributed by atoms with Gasteiger partial charge in [-0.15, -0.1) is 10.2 Å². The maximum Gasteiger partial charge on any atom is 0.206 e. The van der Waals surface area contributed by atoms with E-state index in [4.69, 9.17) is 4.74 Å². The number of ether oxygens (including phenoxy) is 1. The largest absolute Gasteiger partial charge is 0.494 e. The molecule has 1 N–H and O–H groups in total. The van der Waals surface area contributed by atoms with Crippen molar-refractivity contribution in [3.05, 3.63) is 24.3 Å². The number of hydrogen-bond acceptors (Lipinski definition) is 5. The number of nitrogens with one attached hydrogen (secondary N) is 1. The molecule has 1 aromatic carbocycles. The minimum atomic E-state index is 0.367. The first-order chi connectivity index (χ1) is 8.69. The van der Waals surface area contributed by atoms with Crippen LogP contribution >= 0.6 is 11.3 Å². The van der Waals surface area contributed by atoms with Crippen molar-refractivity contribution in [2.24, 2.45) is 0 Å². The van der Waals surface area contributed by atoms with E-state index >= 15 is 0 Å². The molecule has 0 saturated carbocycles. The lowest BCUT2D eigenvalue weighted by Crippen LogP contribution is -2.08. The van der Waals surface area contributed by atoms with Crippen LogP contribution in [0, 0.1) is 0 Å². The molecule has 18 heavy (non-hydrogen) atoms. The SMILES string of the molecule is CCOc1ccc(-c2nnc(NC(C)C)s2)cc1. The lowest BCUT2D eigenvalue weighted by atomic mass is 10.2. The topological polar surface area (TPSA) is 47.0 Å². The Kier molecular flexibility index (Phi) is 4.15. The summed E-state index contributed by atoms with van der Waals surface area (Å²) < 4.78 is 5.41. The Morgan fingerprint density at radius 3 is 2.56 bits per heavy atom. The average molecular weight is 263 g/mol. The van der Waals surface area contributed by atoms with E-state index in [1.807, 2.05) is 31.2 Å². The number of aromatic nitrogens is 2. The van der Waals surface area contributed by atoms with Crippen molar-refractivity contribution in [3.8, 4) is 16.3 Å². The van der Waals surface area contributed by atoms with Crippen LogP contribution in [0.2, 0.25) is 0 Å². The molecule has 1 aromatic heterocycles. The van der Waals surface area contributed by atoms with Crippen molar-refractivity contribution in [1.82, 2.24) is 10.2 Å². The summed E-state index contributed by atoms with van der Waals surface area (Å²) in [7, 11) is 0. The molecule has 0 fully saturated rings. The Morgan fingerprint density at radius 2 is 1.94 bits per heavy atom. The molecule has 0 unspecified atom stereocenters. The van der Waals surface area contributed by atoms with Gasteiger partial charge >= 0.3 is 0 Å². The molecule has 96 valence electrons. The molecule has 0 bridgehead atoms. The quantitative estimate of drug-likeness (QED) is 0.898. The molecular formula is C13H17N3OS. The molecule has 4 nitrogen and oxygen atoms in total. The van der Waals surface area contributed by atoms with Crippen LogP contribution in [0.1, 0.15) is 20.8 Å². The first-order valence-electron chi connectivity index (χ1n) is 6.02. The first-order valence-corrected chi connectivity index (χ1v) is 6.84. The molecule has 0 atom stereocenters. The van der Waals surface area contributed by atoms with Gasteiger partial charge in [0.15, 0.2) is 0 Å². The predicted octanol–water partition coefficient (Wildman–Crippen LogP) is 3.42. The number of anilines is 1. The second kappa shape index (κ2) is 5.82. The number of hydrogen-bond donors (Lipinski definition) is 1. The van der Waals surface area contributed by atoms with Gasteiger partial charge in [0.25, 0.3) is 0 Å². The van der Waals surface area contributed by atoms with Gasteiger partial charge in [0.05, 0.1) is 6.61 Å². The van der Waals surface area contributed by atoms with E-state index in [2.05, 4.69) is 29.4 Å². The summed E-state index contributed by atoms with van der Waals surface area (Å²) in [6.07, 6.45) is 0. The molecule has 0 saturated heterocycles. The zero-order valence-corrected chi connectivity index (χ0v) is 11.6. The third-order valence-electron chi connectivity index (χ3n) is 2.25. The van der Waals surface area contributed by atoms with E-state index in [0.717, 1.165) is 21.5 Å². The van der Waals surface area contributed by atoms with Crippen LogP contribution in [0.4, 0.5) is 5.13 Å². The van der Waals surface area contributed by atoms with Gasteiger partial charge in [-0.25, -0.2) is 0 Å². The Balaban J connectivity index is 2.13. The Hall–Kier alpha value is -1.62. The fraction of sp³-hybridized carbons (Fsp3) is 0.385. The summed E-state index contributed by atoms with van der Waals surface area (Å²) in [5, 5.41) is 13.3. The van der Waals surface area contributed by atoms with Crippen molar-refractivity contribution in [1.29, 1.82) is 0 Å². The van der Waals surface area contributed by atoms with Crippen LogP contribution in [0.5, 0.6) is 5.75 Å². The van der Waals surface area contributed by atoms with E-state index in [1.54, 1.807) is 11.3 Å². The summed E-state index contributed by atoms with van der Waals surface area (Å²) in [6.45, 7) is 6.82. The molecule has 1 heterocycles. The standard InChI is InChI=1S/C13H17N3OS/c1-4-17-11-7-5-10(6-8-11)12-15-16-13(18-12)14-9(2)3/h5-9H,4H2,1-3H3,(H,14,16). The minimum absolute atomic E-state index is 0.367. The molecule has 2 rings (SSSR count). The second-order valence-electron chi connectivity index (χ2n) is 4.17.